The Labute approximate surface area is 125 Å². The maximum absolute atomic E-state index is 12.6. The quantitative estimate of drug-likeness (QED) is 0.877. The average Bonchev–Trinajstić information content (AvgIpc) is 2.88. The zero-order valence-corrected chi connectivity index (χ0v) is 12.7. The van der Waals surface area contributed by atoms with E-state index >= 15 is 0 Å². The lowest BCUT2D eigenvalue weighted by molar-refractivity contribution is -0.127. The van der Waals surface area contributed by atoms with E-state index in [0.29, 0.717) is 6.42 Å². The van der Waals surface area contributed by atoms with Gasteiger partial charge in [0.25, 0.3) is 5.91 Å². The highest BCUT2D eigenvalue weighted by molar-refractivity contribution is 5.98. The zero-order chi connectivity index (χ0) is 15.5. The normalized spacial score (nSPS) is 21.9. The molecule has 0 bridgehead atoms. The molecule has 2 rings (SSSR count). The predicted molar refractivity (Wildman–Crippen MR) is 79.7 cm³/mol. The number of carbonyl (C=O) groups is 2. The van der Waals surface area contributed by atoms with Crippen molar-refractivity contribution < 1.29 is 14.3 Å². The van der Waals surface area contributed by atoms with Crippen LogP contribution in [-0.2, 0) is 15.1 Å². The minimum Gasteiger partial charge on any atom is -0.444 e. The molecule has 1 aromatic rings. The maximum atomic E-state index is 12.6. The van der Waals surface area contributed by atoms with E-state index in [1.807, 2.05) is 30.3 Å². The van der Waals surface area contributed by atoms with Crippen molar-refractivity contribution in [3.8, 4) is 0 Å². The monoisotopic (exact) mass is 290 g/mol. The van der Waals surface area contributed by atoms with E-state index in [4.69, 9.17) is 4.74 Å². The first kappa shape index (κ1) is 15.5. The smallest absolute Gasteiger partial charge is 0.414 e. The Hall–Kier alpha value is -1.88. The summed E-state index contributed by atoms with van der Waals surface area (Å²) in [5.41, 5.74) is -0.616. The summed E-state index contributed by atoms with van der Waals surface area (Å²) in [7, 11) is 0. The molecule has 2 N–H and O–H groups in total. The van der Waals surface area contributed by atoms with Gasteiger partial charge in [-0.05, 0) is 45.7 Å². The molecule has 1 saturated heterocycles. The van der Waals surface area contributed by atoms with Gasteiger partial charge in [0.15, 0.2) is 0 Å². The summed E-state index contributed by atoms with van der Waals surface area (Å²) in [5.74, 6) is -0.361. The minimum atomic E-state index is -0.849. The molecule has 1 aliphatic heterocycles. The third kappa shape index (κ3) is 3.61. The standard InChI is InChI=1S/C16H22N2O3/c1-15(2,3)21-14(20)18-13(19)16(10-7-11-17-16)12-8-5-4-6-9-12/h4-6,8-9,17H,7,10-11H2,1-3H3,(H,18,19,20)/t16-/m0/s1. The third-order valence-electron chi connectivity index (χ3n) is 3.42. The molecule has 0 aliphatic carbocycles. The molecule has 1 aromatic carbocycles. The first-order chi connectivity index (χ1) is 9.83. The van der Waals surface area contributed by atoms with Gasteiger partial charge in [0.05, 0.1) is 0 Å². The van der Waals surface area contributed by atoms with E-state index in [1.165, 1.54) is 0 Å². The predicted octanol–water partition coefficient (Wildman–Crippen LogP) is 2.32. The number of ether oxygens (including phenoxy) is 1. The van der Waals surface area contributed by atoms with Crippen molar-refractivity contribution in [1.29, 1.82) is 0 Å². The second kappa shape index (κ2) is 5.85. The van der Waals surface area contributed by atoms with Crippen molar-refractivity contribution in [3.05, 3.63) is 35.9 Å². The maximum Gasteiger partial charge on any atom is 0.414 e. The van der Waals surface area contributed by atoms with Gasteiger partial charge in [-0.3, -0.25) is 15.4 Å². The van der Waals surface area contributed by atoms with Gasteiger partial charge < -0.3 is 4.74 Å². The van der Waals surface area contributed by atoms with E-state index in [9.17, 15) is 9.59 Å². The van der Waals surface area contributed by atoms with Gasteiger partial charge in [-0.25, -0.2) is 4.79 Å². The van der Waals surface area contributed by atoms with Crippen molar-refractivity contribution in [2.24, 2.45) is 0 Å². The number of hydrogen-bond donors (Lipinski definition) is 2. The van der Waals surface area contributed by atoms with Crippen LogP contribution in [0.25, 0.3) is 0 Å². The van der Waals surface area contributed by atoms with Crippen molar-refractivity contribution in [2.75, 3.05) is 6.54 Å². The first-order valence-corrected chi connectivity index (χ1v) is 7.18. The number of nitrogens with one attached hydrogen (secondary N) is 2. The fraction of sp³-hybridized carbons (Fsp3) is 0.500. The van der Waals surface area contributed by atoms with Crippen LogP contribution in [0.1, 0.15) is 39.2 Å². The van der Waals surface area contributed by atoms with E-state index < -0.39 is 17.2 Å². The van der Waals surface area contributed by atoms with Crippen LogP contribution in [0.5, 0.6) is 0 Å². The second-order valence-corrected chi connectivity index (χ2v) is 6.26. The number of carbonyl (C=O) groups excluding carboxylic acids is 2. The van der Waals surface area contributed by atoms with Crippen LogP contribution in [0, 0.1) is 0 Å². The molecule has 1 heterocycles. The molecule has 5 nitrogen and oxygen atoms in total. The second-order valence-electron chi connectivity index (χ2n) is 6.26. The van der Waals surface area contributed by atoms with Gasteiger partial charge in [-0.1, -0.05) is 30.3 Å². The molecule has 0 spiro atoms. The SMILES string of the molecule is CC(C)(C)OC(=O)NC(=O)[C@@]1(c2ccccc2)CCCN1. The largest absolute Gasteiger partial charge is 0.444 e. The van der Waals surface area contributed by atoms with Gasteiger partial charge in [-0.2, -0.15) is 0 Å². The Morgan fingerprint density at radius 1 is 1.24 bits per heavy atom. The highest BCUT2D eigenvalue weighted by atomic mass is 16.6. The average molecular weight is 290 g/mol. The van der Waals surface area contributed by atoms with E-state index in [0.717, 1.165) is 18.5 Å². The summed E-state index contributed by atoms with van der Waals surface area (Å²) in [6.07, 6.45) is 0.832. The molecule has 0 aromatic heterocycles. The number of amides is 2. The van der Waals surface area contributed by atoms with Crippen LogP contribution in [-0.4, -0.2) is 24.1 Å². The van der Waals surface area contributed by atoms with Gasteiger partial charge in [0, 0.05) is 0 Å². The van der Waals surface area contributed by atoms with Gasteiger partial charge in [0.2, 0.25) is 0 Å². The van der Waals surface area contributed by atoms with Gasteiger partial charge in [0.1, 0.15) is 11.1 Å². The van der Waals surface area contributed by atoms with Gasteiger partial charge in [-0.15, -0.1) is 0 Å². The van der Waals surface area contributed by atoms with Crippen molar-refractivity contribution >= 4 is 12.0 Å². The van der Waals surface area contributed by atoms with E-state index in [-0.39, 0.29) is 5.91 Å². The molecule has 114 valence electrons. The van der Waals surface area contributed by atoms with Crippen LogP contribution in [0.3, 0.4) is 0 Å². The minimum absolute atomic E-state index is 0.361. The van der Waals surface area contributed by atoms with Crippen LogP contribution in [0.2, 0.25) is 0 Å². The number of benzene rings is 1. The molecule has 0 radical (unpaired) electrons. The number of imide groups is 1. The van der Waals surface area contributed by atoms with Crippen LogP contribution >= 0.6 is 0 Å². The highest BCUT2D eigenvalue weighted by Crippen LogP contribution is 2.31. The lowest BCUT2D eigenvalue weighted by Crippen LogP contribution is -2.53. The molecular weight excluding hydrogens is 268 g/mol. The lowest BCUT2D eigenvalue weighted by atomic mass is 9.87. The molecule has 0 saturated carbocycles. The Balaban J connectivity index is 2.16. The zero-order valence-electron chi connectivity index (χ0n) is 12.7. The Morgan fingerprint density at radius 2 is 1.90 bits per heavy atom. The Morgan fingerprint density at radius 3 is 2.43 bits per heavy atom. The van der Waals surface area contributed by atoms with Crippen molar-refractivity contribution in [3.63, 3.8) is 0 Å². The summed E-state index contributed by atoms with van der Waals surface area (Å²) in [6, 6.07) is 9.47. The topological polar surface area (TPSA) is 67.4 Å². The summed E-state index contributed by atoms with van der Waals surface area (Å²) < 4.78 is 5.15. The molecular formula is C16H22N2O3. The fourth-order valence-electron chi connectivity index (χ4n) is 2.54. The number of rotatable bonds is 2. The molecule has 1 aliphatic rings. The molecule has 1 atom stereocenters. The van der Waals surface area contributed by atoms with Crippen molar-refractivity contribution in [2.45, 2.75) is 44.8 Å². The van der Waals surface area contributed by atoms with Crippen molar-refractivity contribution in [1.82, 2.24) is 10.6 Å². The van der Waals surface area contributed by atoms with E-state index in [1.54, 1.807) is 20.8 Å². The van der Waals surface area contributed by atoms with Crippen LogP contribution in [0.4, 0.5) is 4.79 Å². The van der Waals surface area contributed by atoms with E-state index in [2.05, 4.69) is 10.6 Å². The number of alkyl carbamates (subject to hydrolysis) is 1. The summed E-state index contributed by atoms with van der Waals surface area (Å²) in [4.78, 5) is 24.4. The lowest BCUT2D eigenvalue weighted by Gasteiger charge is -2.29. The Bertz CT molecular complexity index is 514. The molecule has 1 fully saturated rings. The molecule has 2 amide bonds. The van der Waals surface area contributed by atoms with Crippen LogP contribution < -0.4 is 10.6 Å². The molecule has 5 heteroatoms. The summed E-state index contributed by atoms with van der Waals surface area (Å²) in [5, 5.41) is 5.59. The Kier molecular flexibility index (Phi) is 4.32. The fourth-order valence-corrected chi connectivity index (χ4v) is 2.54. The highest BCUT2D eigenvalue weighted by Gasteiger charge is 2.43. The summed E-state index contributed by atoms with van der Waals surface area (Å²) >= 11 is 0. The van der Waals surface area contributed by atoms with Gasteiger partial charge >= 0.3 is 6.09 Å². The third-order valence-corrected chi connectivity index (χ3v) is 3.42. The van der Waals surface area contributed by atoms with Crippen LogP contribution in [0.15, 0.2) is 30.3 Å². The molecule has 0 unspecified atom stereocenters. The number of hydrogen-bond acceptors (Lipinski definition) is 4. The summed E-state index contributed by atoms with van der Waals surface area (Å²) in [6.45, 7) is 6.03. The molecule has 21 heavy (non-hydrogen) atoms. The first-order valence-electron chi connectivity index (χ1n) is 7.18.